The number of benzene rings is 2. The van der Waals surface area contributed by atoms with Crippen LogP contribution in [-0.4, -0.2) is 37.1 Å². The summed E-state index contributed by atoms with van der Waals surface area (Å²) in [6.45, 7) is 0. The maximum atomic E-state index is 12.6. The van der Waals surface area contributed by atoms with E-state index in [1.807, 2.05) is 61.5 Å². The maximum absolute atomic E-state index is 12.6. The Labute approximate surface area is 163 Å². The molecule has 0 unspecified atom stereocenters. The minimum atomic E-state index is -0.432. The van der Waals surface area contributed by atoms with Crippen LogP contribution in [0.25, 0.3) is 0 Å². The Bertz CT molecular complexity index is 1030. The lowest BCUT2D eigenvalue weighted by molar-refractivity contribution is 0.102. The molecule has 0 aliphatic rings. The van der Waals surface area contributed by atoms with Crippen LogP contribution in [0.1, 0.15) is 21.9 Å². The SMILES string of the molecule is COc1ccc(Cc2nc(C(=O)Nc3cccc(N(C)C)c3)cc(=O)[nH]2)cc1. The predicted molar refractivity (Wildman–Crippen MR) is 109 cm³/mol. The Balaban J connectivity index is 1.79. The summed E-state index contributed by atoms with van der Waals surface area (Å²) in [5.41, 5.74) is 2.24. The molecule has 0 spiro atoms. The molecule has 0 fully saturated rings. The Kier molecular flexibility index (Phi) is 5.74. The van der Waals surface area contributed by atoms with E-state index in [0.717, 1.165) is 17.0 Å². The zero-order chi connectivity index (χ0) is 20.1. The smallest absolute Gasteiger partial charge is 0.274 e. The highest BCUT2D eigenvalue weighted by molar-refractivity contribution is 6.03. The number of nitrogens with one attached hydrogen (secondary N) is 2. The summed E-state index contributed by atoms with van der Waals surface area (Å²) in [7, 11) is 5.44. The van der Waals surface area contributed by atoms with Gasteiger partial charge < -0.3 is 19.9 Å². The molecule has 1 amide bonds. The predicted octanol–water partition coefficient (Wildman–Crippen LogP) is 2.69. The average molecular weight is 378 g/mol. The van der Waals surface area contributed by atoms with Crippen molar-refractivity contribution in [2.45, 2.75) is 6.42 Å². The molecule has 0 saturated carbocycles. The fraction of sp³-hybridized carbons (Fsp3) is 0.190. The lowest BCUT2D eigenvalue weighted by Gasteiger charge is -2.14. The highest BCUT2D eigenvalue weighted by atomic mass is 16.5. The van der Waals surface area contributed by atoms with Crippen LogP contribution in [0, 0.1) is 0 Å². The summed E-state index contributed by atoms with van der Waals surface area (Å²) in [5, 5.41) is 2.79. The quantitative estimate of drug-likeness (QED) is 0.689. The number of ether oxygens (including phenoxy) is 1. The molecule has 3 rings (SSSR count). The second-order valence-corrected chi connectivity index (χ2v) is 6.50. The van der Waals surface area contributed by atoms with Gasteiger partial charge in [-0.15, -0.1) is 0 Å². The lowest BCUT2D eigenvalue weighted by atomic mass is 10.1. The van der Waals surface area contributed by atoms with Crippen molar-refractivity contribution in [1.29, 1.82) is 0 Å². The van der Waals surface area contributed by atoms with Gasteiger partial charge in [0.05, 0.1) is 7.11 Å². The van der Waals surface area contributed by atoms with Crippen molar-refractivity contribution < 1.29 is 9.53 Å². The van der Waals surface area contributed by atoms with Crippen molar-refractivity contribution in [3.8, 4) is 5.75 Å². The minimum absolute atomic E-state index is 0.0718. The molecule has 144 valence electrons. The highest BCUT2D eigenvalue weighted by Gasteiger charge is 2.12. The zero-order valence-electron chi connectivity index (χ0n) is 16.0. The zero-order valence-corrected chi connectivity index (χ0v) is 16.0. The first-order chi connectivity index (χ1) is 13.4. The van der Waals surface area contributed by atoms with Crippen molar-refractivity contribution in [2.24, 2.45) is 0 Å². The Morgan fingerprint density at radius 3 is 2.57 bits per heavy atom. The number of carbonyl (C=O) groups excluding carboxylic acids is 1. The maximum Gasteiger partial charge on any atom is 0.274 e. The number of carbonyl (C=O) groups is 1. The molecular formula is C21H22N4O3. The first-order valence-electron chi connectivity index (χ1n) is 8.76. The molecule has 28 heavy (non-hydrogen) atoms. The van der Waals surface area contributed by atoms with Crippen LogP contribution >= 0.6 is 0 Å². The topological polar surface area (TPSA) is 87.3 Å². The number of aromatic nitrogens is 2. The first-order valence-corrected chi connectivity index (χ1v) is 8.76. The van der Waals surface area contributed by atoms with E-state index >= 15 is 0 Å². The number of hydrogen-bond acceptors (Lipinski definition) is 5. The molecule has 0 atom stereocenters. The second-order valence-electron chi connectivity index (χ2n) is 6.50. The minimum Gasteiger partial charge on any atom is -0.497 e. The van der Waals surface area contributed by atoms with Crippen molar-refractivity contribution in [2.75, 3.05) is 31.4 Å². The van der Waals surface area contributed by atoms with Gasteiger partial charge >= 0.3 is 0 Å². The summed E-state index contributed by atoms with van der Waals surface area (Å²) in [6, 6.07) is 16.1. The monoisotopic (exact) mass is 378 g/mol. The van der Waals surface area contributed by atoms with Crippen LogP contribution in [0.15, 0.2) is 59.4 Å². The molecular weight excluding hydrogens is 356 g/mol. The molecule has 3 aromatic rings. The molecule has 7 nitrogen and oxygen atoms in total. The molecule has 1 aromatic heterocycles. The summed E-state index contributed by atoms with van der Waals surface area (Å²) < 4.78 is 5.14. The first kappa shape index (κ1) is 19.2. The van der Waals surface area contributed by atoms with Gasteiger partial charge in [0.15, 0.2) is 0 Å². The number of nitrogens with zero attached hydrogens (tertiary/aromatic N) is 2. The number of aromatic amines is 1. The van der Waals surface area contributed by atoms with Crippen molar-refractivity contribution in [1.82, 2.24) is 9.97 Å². The molecule has 0 bridgehead atoms. The number of rotatable bonds is 6. The molecule has 2 aromatic carbocycles. The van der Waals surface area contributed by atoms with E-state index < -0.39 is 5.91 Å². The number of anilines is 2. The van der Waals surface area contributed by atoms with Crippen molar-refractivity contribution >= 4 is 17.3 Å². The van der Waals surface area contributed by atoms with Crippen LogP contribution in [0.5, 0.6) is 5.75 Å². The standard InChI is InChI=1S/C21H22N4O3/c1-25(2)16-6-4-5-15(12-16)22-21(27)18-13-20(26)24-19(23-18)11-14-7-9-17(28-3)10-8-14/h4-10,12-13H,11H2,1-3H3,(H,22,27)(H,23,24,26). The third-order valence-corrected chi connectivity index (χ3v) is 4.17. The van der Waals surface area contributed by atoms with E-state index in [9.17, 15) is 9.59 Å². The summed E-state index contributed by atoms with van der Waals surface area (Å²) in [6.07, 6.45) is 0.399. The molecule has 0 radical (unpaired) electrons. The Morgan fingerprint density at radius 1 is 1.14 bits per heavy atom. The van der Waals surface area contributed by atoms with Gasteiger partial charge in [-0.1, -0.05) is 18.2 Å². The van der Waals surface area contributed by atoms with Gasteiger partial charge in [-0.05, 0) is 35.9 Å². The van der Waals surface area contributed by atoms with Crippen LogP contribution in [0.3, 0.4) is 0 Å². The highest BCUT2D eigenvalue weighted by Crippen LogP contribution is 2.18. The largest absolute Gasteiger partial charge is 0.497 e. The number of methoxy groups -OCH3 is 1. The molecule has 7 heteroatoms. The van der Waals surface area contributed by atoms with E-state index in [-0.39, 0.29) is 11.3 Å². The molecule has 0 saturated heterocycles. The van der Waals surface area contributed by atoms with Gasteiger partial charge in [-0.2, -0.15) is 0 Å². The van der Waals surface area contributed by atoms with Gasteiger partial charge in [0.2, 0.25) is 0 Å². The van der Waals surface area contributed by atoms with E-state index in [1.54, 1.807) is 13.2 Å². The average Bonchev–Trinajstić information content (AvgIpc) is 2.68. The number of amides is 1. The van der Waals surface area contributed by atoms with E-state index in [1.165, 1.54) is 6.07 Å². The normalized spacial score (nSPS) is 10.4. The van der Waals surface area contributed by atoms with Gasteiger partial charge in [-0.3, -0.25) is 9.59 Å². The van der Waals surface area contributed by atoms with Gasteiger partial charge in [-0.25, -0.2) is 4.98 Å². The Morgan fingerprint density at radius 2 is 1.89 bits per heavy atom. The number of hydrogen-bond donors (Lipinski definition) is 2. The lowest BCUT2D eigenvalue weighted by Crippen LogP contribution is -2.20. The van der Waals surface area contributed by atoms with Crippen LogP contribution in [0.4, 0.5) is 11.4 Å². The van der Waals surface area contributed by atoms with Crippen molar-refractivity contribution in [3.63, 3.8) is 0 Å². The van der Waals surface area contributed by atoms with Gasteiger partial charge in [0, 0.05) is 38.0 Å². The third kappa shape index (κ3) is 4.76. The van der Waals surface area contributed by atoms with E-state index in [2.05, 4.69) is 15.3 Å². The summed E-state index contributed by atoms with van der Waals surface area (Å²) >= 11 is 0. The molecule has 1 heterocycles. The van der Waals surface area contributed by atoms with E-state index in [4.69, 9.17) is 4.74 Å². The van der Waals surface area contributed by atoms with Crippen LogP contribution < -0.4 is 20.5 Å². The summed E-state index contributed by atoms with van der Waals surface area (Å²) in [5.74, 6) is 0.737. The van der Waals surface area contributed by atoms with Gasteiger partial charge in [0.25, 0.3) is 11.5 Å². The fourth-order valence-electron chi connectivity index (χ4n) is 2.70. The Hall–Kier alpha value is -3.61. The number of H-pyrrole nitrogens is 1. The van der Waals surface area contributed by atoms with Crippen LogP contribution in [-0.2, 0) is 6.42 Å². The third-order valence-electron chi connectivity index (χ3n) is 4.17. The van der Waals surface area contributed by atoms with Crippen molar-refractivity contribution in [3.05, 3.63) is 82.0 Å². The molecule has 0 aliphatic heterocycles. The fourth-order valence-corrected chi connectivity index (χ4v) is 2.70. The molecule has 2 N–H and O–H groups in total. The van der Waals surface area contributed by atoms with Crippen LogP contribution in [0.2, 0.25) is 0 Å². The summed E-state index contributed by atoms with van der Waals surface area (Å²) in [4.78, 5) is 33.5. The van der Waals surface area contributed by atoms with E-state index in [0.29, 0.717) is 17.9 Å². The molecule has 0 aliphatic carbocycles. The van der Waals surface area contributed by atoms with Gasteiger partial charge in [0.1, 0.15) is 17.3 Å². The second kappa shape index (κ2) is 8.39.